The molecule has 86 valence electrons. The second kappa shape index (κ2) is 4.04. The van der Waals surface area contributed by atoms with Gasteiger partial charge in [0.15, 0.2) is 17.3 Å². The Kier molecular flexibility index (Phi) is 3.12. The molecule has 0 atom stereocenters. The zero-order chi connectivity index (χ0) is 12.5. The van der Waals surface area contributed by atoms with Gasteiger partial charge in [-0.3, -0.25) is 0 Å². The molecule has 1 nitrogen and oxygen atoms in total. The van der Waals surface area contributed by atoms with Crippen LogP contribution in [0.3, 0.4) is 0 Å². The van der Waals surface area contributed by atoms with Crippen LogP contribution in [0.15, 0.2) is 0 Å². The van der Waals surface area contributed by atoms with Crippen molar-refractivity contribution >= 4 is 0 Å². The molecule has 0 saturated heterocycles. The fraction of sp³-hybridized carbons (Fsp3) is 0.222. The zero-order valence-electron chi connectivity index (χ0n) is 7.50. The summed E-state index contributed by atoms with van der Waals surface area (Å²) in [4.78, 5) is 2.18. The third kappa shape index (κ3) is 2.10. The van der Waals surface area contributed by atoms with Crippen LogP contribution in [0, 0.1) is 29.9 Å². The van der Waals surface area contributed by atoms with E-state index in [9.17, 15) is 26.3 Å². The Balaban J connectivity index is 3.52. The van der Waals surface area contributed by atoms with Gasteiger partial charge in [0.25, 0.3) is 0 Å². The van der Waals surface area contributed by atoms with Gasteiger partial charge in [-0.15, -0.1) is 12.3 Å². The van der Waals surface area contributed by atoms with E-state index in [1.165, 1.54) is 0 Å². The Bertz CT molecular complexity index is 457. The van der Waals surface area contributed by atoms with Crippen LogP contribution in [0.25, 0.3) is 0 Å². The molecule has 1 aromatic rings. The summed E-state index contributed by atoms with van der Waals surface area (Å²) in [6.07, 6.45) is -1.30. The van der Waals surface area contributed by atoms with E-state index in [4.69, 9.17) is 6.42 Å². The van der Waals surface area contributed by atoms with Gasteiger partial charge >= 0.3 is 6.18 Å². The molecule has 0 radical (unpaired) electrons. The van der Waals surface area contributed by atoms with Crippen LogP contribution in [0.2, 0.25) is 0 Å². The number of halogens is 6. The maximum atomic E-state index is 13.1. The van der Waals surface area contributed by atoms with Gasteiger partial charge in [0, 0.05) is 12.0 Å². The van der Waals surface area contributed by atoms with Gasteiger partial charge in [0.1, 0.15) is 0 Å². The quantitative estimate of drug-likeness (QED) is 0.417. The summed E-state index contributed by atoms with van der Waals surface area (Å²) in [7, 11) is 0. The summed E-state index contributed by atoms with van der Waals surface area (Å²) < 4.78 is 75.1. The first-order valence-electron chi connectivity index (χ1n) is 3.83. The predicted molar refractivity (Wildman–Crippen MR) is 41.7 cm³/mol. The highest BCUT2D eigenvalue weighted by Gasteiger charge is 2.39. The number of hydrogen-bond donors (Lipinski definition) is 0. The molecule has 0 fully saturated rings. The Hall–Kier alpha value is -1.71. The highest BCUT2D eigenvalue weighted by atomic mass is 19.4. The Morgan fingerprint density at radius 2 is 1.69 bits per heavy atom. The highest BCUT2D eigenvalue weighted by Crippen LogP contribution is 2.32. The van der Waals surface area contributed by atoms with Crippen molar-refractivity contribution in [2.45, 2.75) is 12.6 Å². The fourth-order valence-corrected chi connectivity index (χ4v) is 1.01. The lowest BCUT2D eigenvalue weighted by atomic mass is 10.1. The minimum atomic E-state index is -5.21. The van der Waals surface area contributed by atoms with Gasteiger partial charge in [-0.1, -0.05) is 0 Å². The molecule has 1 aromatic heterocycles. The lowest BCUT2D eigenvalue weighted by Crippen LogP contribution is -2.16. The fourth-order valence-electron chi connectivity index (χ4n) is 1.01. The molecular weight excluding hydrogens is 236 g/mol. The summed E-state index contributed by atoms with van der Waals surface area (Å²) >= 11 is 0. The van der Waals surface area contributed by atoms with E-state index in [2.05, 4.69) is 4.98 Å². The molecular formula is C9H3F6N. The van der Waals surface area contributed by atoms with Crippen molar-refractivity contribution in [3.8, 4) is 12.3 Å². The molecule has 0 N–H and O–H groups in total. The highest BCUT2D eigenvalue weighted by molar-refractivity contribution is 5.27. The van der Waals surface area contributed by atoms with E-state index in [1.807, 2.05) is 0 Å². The maximum absolute atomic E-state index is 13.1. The van der Waals surface area contributed by atoms with E-state index in [1.54, 1.807) is 5.92 Å². The Morgan fingerprint density at radius 1 is 1.12 bits per heavy atom. The summed E-state index contributed by atoms with van der Waals surface area (Å²) in [5.74, 6) is -4.08. The molecule has 1 heterocycles. The van der Waals surface area contributed by atoms with Crippen molar-refractivity contribution in [1.82, 2.24) is 4.98 Å². The van der Waals surface area contributed by atoms with Crippen LogP contribution >= 0.6 is 0 Å². The van der Waals surface area contributed by atoms with Gasteiger partial charge in [-0.2, -0.15) is 17.6 Å². The molecule has 16 heavy (non-hydrogen) atoms. The predicted octanol–water partition coefficient (Wildman–Crippen LogP) is 2.69. The lowest BCUT2D eigenvalue weighted by molar-refractivity contribution is -0.144. The van der Waals surface area contributed by atoms with Crippen molar-refractivity contribution in [3.05, 3.63) is 28.8 Å². The van der Waals surface area contributed by atoms with Crippen LogP contribution in [-0.4, -0.2) is 4.98 Å². The van der Waals surface area contributed by atoms with Gasteiger partial charge in [-0.05, 0) is 0 Å². The van der Waals surface area contributed by atoms with Crippen molar-refractivity contribution in [2.24, 2.45) is 0 Å². The van der Waals surface area contributed by atoms with Gasteiger partial charge < -0.3 is 0 Å². The number of alkyl halides is 3. The van der Waals surface area contributed by atoms with Crippen LogP contribution < -0.4 is 0 Å². The Morgan fingerprint density at radius 3 is 2.12 bits per heavy atom. The van der Waals surface area contributed by atoms with E-state index in [0.29, 0.717) is 0 Å². The monoisotopic (exact) mass is 239 g/mol. The maximum Gasteiger partial charge on any atom is 0.436 e. The average molecular weight is 239 g/mol. The van der Waals surface area contributed by atoms with Gasteiger partial charge in [0.05, 0.1) is 0 Å². The molecule has 7 heteroatoms. The molecule has 0 bridgehead atoms. The summed E-state index contributed by atoms with van der Waals surface area (Å²) in [6.45, 7) is 0. The average Bonchev–Trinajstić information content (AvgIpc) is 2.16. The van der Waals surface area contributed by atoms with Crippen molar-refractivity contribution in [3.63, 3.8) is 0 Å². The molecule has 0 aliphatic heterocycles. The van der Waals surface area contributed by atoms with Crippen LogP contribution in [0.4, 0.5) is 26.3 Å². The zero-order valence-corrected chi connectivity index (χ0v) is 7.50. The van der Waals surface area contributed by atoms with Crippen molar-refractivity contribution in [2.75, 3.05) is 0 Å². The molecule has 0 saturated carbocycles. The van der Waals surface area contributed by atoms with E-state index in [-0.39, 0.29) is 0 Å². The van der Waals surface area contributed by atoms with Crippen LogP contribution in [0.1, 0.15) is 11.3 Å². The van der Waals surface area contributed by atoms with Gasteiger partial charge in [0.2, 0.25) is 5.95 Å². The molecule has 0 spiro atoms. The first-order chi connectivity index (χ1) is 7.29. The molecule has 0 aliphatic rings. The van der Waals surface area contributed by atoms with E-state index >= 15 is 0 Å². The second-order valence-electron chi connectivity index (χ2n) is 2.74. The number of terminal acetylenes is 1. The molecule has 1 rings (SSSR count). The number of aromatic nitrogens is 1. The second-order valence-corrected chi connectivity index (χ2v) is 2.74. The van der Waals surface area contributed by atoms with Crippen molar-refractivity contribution in [1.29, 1.82) is 0 Å². The Labute approximate surface area is 86.1 Å². The number of nitrogens with zero attached hydrogens (tertiary/aromatic N) is 1. The summed E-state index contributed by atoms with van der Waals surface area (Å²) in [5, 5.41) is 0. The van der Waals surface area contributed by atoms with E-state index < -0.39 is 41.4 Å². The minimum absolute atomic E-state index is 0.791. The smallest absolute Gasteiger partial charge is 0.209 e. The lowest BCUT2D eigenvalue weighted by Gasteiger charge is -2.10. The summed E-state index contributed by atoms with van der Waals surface area (Å²) in [5.41, 5.74) is -3.26. The van der Waals surface area contributed by atoms with Crippen LogP contribution in [0.5, 0.6) is 0 Å². The standard InChI is InChI=1S/C9H3F6N/c1-2-3-4-5(10)7(9(13,14)15)16-8(12)6(4)11/h1H,3H2. The number of rotatable bonds is 1. The molecule has 0 aliphatic carbocycles. The van der Waals surface area contributed by atoms with Crippen LogP contribution in [-0.2, 0) is 12.6 Å². The molecule has 0 aromatic carbocycles. The summed E-state index contributed by atoms with van der Waals surface area (Å²) in [6, 6.07) is 0. The minimum Gasteiger partial charge on any atom is -0.209 e. The third-order valence-corrected chi connectivity index (χ3v) is 1.68. The first-order valence-corrected chi connectivity index (χ1v) is 3.83. The SMILES string of the molecule is C#CCc1c(F)c(F)nc(C(F)(F)F)c1F. The van der Waals surface area contributed by atoms with E-state index in [0.717, 1.165) is 0 Å². The molecule has 0 unspecified atom stereocenters. The normalized spacial score (nSPS) is 11.3. The van der Waals surface area contributed by atoms with Crippen molar-refractivity contribution < 1.29 is 26.3 Å². The van der Waals surface area contributed by atoms with Gasteiger partial charge in [-0.25, -0.2) is 13.8 Å². The largest absolute Gasteiger partial charge is 0.436 e. The molecule has 0 amide bonds. The topological polar surface area (TPSA) is 12.9 Å². The number of hydrogen-bond acceptors (Lipinski definition) is 1. The number of pyridine rings is 1. The third-order valence-electron chi connectivity index (χ3n) is 1.68. The first kappa shape index (κ1) is 12.4.